The molecule has 15 heavy (non-hydrogen) atoms. The first-order chi connectivity index (χ1) is 7.04. The number of hydrogen-bond acceptors (Lipinski definition) is 3. The maximum absolute atomic E-state index is 12.2. The van der Waals surface area contributed by atoms with Crippen LogP contribution in [0.3, 0.4) is 0 Å². The van der Waals surface area contributed by atoms with Gasteiger partial charge in [-0.2, -0.15) is 0 Å². The van der Waals surface area contributed by atoms with Crippen LogP contribution in [0.5, 0.6) is 0 Å². The molecule has 0 bridgehead atoms. The van der Waals surface area contributed by atoms with Gasteiger partial charge < -0.3 is 9.05 Å². The quantitative estimate of drug-likeness (QED) is 0.566. The molecule has 0 heterocycles. The highest BCUT2D eigenvalue weighted by Crippen LogP contribution is 2.49. The third-order valence-corrected chi connectivity index (χ3v) is 3.86. The lowest BCUT2D eigenvalue weighted by atomic mass is 10.2. The average molecular weight is 236 g/mol. The minimum absolute atomic E-state index is 0.394. The molecule has 0 saturated heterocycles. The Morgan fingerprint density at radius 1 is 1.13 bits per heavy atom. The molecule has 0 aliphatic carbocycles. The van der Waals surface area contributed by atoms with Crippen molar-refractivity contribution in [3.05, 3.63) is 0 Å². The van der Waals surface area contributed by atoms with Crippen LogP contribution in [-0.4, -0.2) is 19.4 Å². The van der Waals surface area contributed by atoms with Gasteiger partial charge in [-0.1, -0.05) is 34.1 Å². The average Bonchev–Trinajstić information content (AvgIpc) is 2.21. The van der Waals surface area contributed by atoms with Crippen LogP contribution >= 0.6 is 7.60 Å². The number of hydrogen-bond donors (Lipinski definition) is 0. The van der Waals surface area contributed by atoms with Crippen molar-refractivity contribution in [2.75, 3.05) is 19.4 Å². The highest BCUT2D eigenvalue weighted by molar-refractivity contribution is 7.53. The van der Waals surface area contributed by atoms with Crippen molar-refractivity contribution in [2.45, 2.75) is 47.0 Å². The molecule has 3 nitrogen and oxygen atoms in total. The van der Waals surface area contributed by atoms with Gasteiger partial charge in [0.25, 0.3) is 0 Å². The van der Waals surface area contributed by atoms with Crippen LogP contribution in [0, 0.1) is 5.92 Å². The molecule has 0 aliphatic rings. The SMILES string of the molecule is CCCCP(=O)(OCCC)OCC(C)C. The largest absolute Gasteiger partial charge is 0.330 e. The molecule has 0 fully saturated rings. The van der Waals surface area contributed by atoms with E-state index in [0.29, 0.717) is 25.3 Å². The van der Waals surface area contributed by atoms with E-state index in [-0.39, 0.29) is 0 Å². The van der Waals surface area contributed by atoms with Crippen LogP contribution in [0.4, 0.5) is 0 Å². The van der Waals surface area contributed by atoms with Crippen molar-refractivity contribution in [3.63, 3.8) is 0 Å². The van der Waals surface area contributed by atoms with Crippen LogP contribution in [0.2, 0.25) is 0 Å². The fourth-order valence-electron chi connectivity index (χ4n) is 1.01. The molecule has 0 rings (SSSR count). The Kier molecular flexibility index (Phi) is 8.40. The Hall–Kier alpha value is 0.150. The fraction of sp³-hybridized carbons (Fsp3) is 1.00. The molecule has 0 spiro atoms. The summed E-state index contributed by atoms with van der Waals surface area (Å²) in [6, 6.07) is 0. The summed E-state index contributed by atoms with van der Waals surface area (Å²) in [5.41, 5.74) is 0. The van der Waals surface area contributed by atoms with Gasteiger partial charge in [-0.25, -0.2) is 0 Å². The Bertz CT molecular complexity index is 180. The van der Waals surface area contributed by atoms with E-state index in [1.807, 2.05) is 20.8 Å². The number of rotatable bonds is 9. The van der Waals surface area contributed by atoms with Crippen molar-refractivity contribution in [1.82, 2.24) is 0 Å². The summed E-state index contributed by atoms with van der Waals surface area (Å²) in [5, 5.41) is 0. The molecule has 0 N–H and O–H groups in total. The second kappa shape index (κ2) is 8.32. The van der Waals surface area contributed by atoms with Gasteiger partial charge >= 0.3 is 7.60 Å². The number of unbranched alkanes of at least 4 members (excludes halogenated alkanes) is 1. The molecule has 1 unspecified atom stereocenters. The summed E-state index contributed by atoms with van der Waals surface area (Å²) in [5.74, 6) is 0.394. The van der Waals surface area contributed by atoms with Crippen LogP contribution in [-0.2, 0) is 13.6 Å². The van der Waals surface area contributed by atoms with Gasteiger partial charge in [0.15, 0.2) is 0 Å². The first-order valence-corrected chi connectivity index (χ1v) is 7.65. The Balaban J connectivity index is 4.08. The van der Waals surface area contributed by atoms with Crippen LogP contribution in [0.1, 0.15) is 47.0 Å². The second-order valence-electron chi connectivity index (χ2n) is 4.21. The third-order valence-electron chi connectivity index (χ3n) is 1.88. The van der Waals surface area contributed by atoms with Gasteiger partial charge in [0.1, 0.15) is 0 Å². The Labute approximate surface area is 94.1 Å². The molecule has 1 atom stereocenters. The first-order valence-electron chi connectivity index (χ1n) is 5.92. The lowest BCUT2D eigenvalue weighted by Gasteiger charge is -2.19. The monoisotopic (exact) mass is 236 g/mol. The van der Waals surface area contributed by atoms with E-state index in [4.69, 9.17) is 9.05 Å². The predicted molar refractivity (Wildman–Crippen MR) is 64.4 cm³/mol. The van der Waals surface area contributed by atoms with E-state index < -0.39 is 7.60 Å². The molecule has 0 saturated carbocycles. The van der Waals surface area contributed by atoms with Gasteiger partial charge in [0.05, 0.1) is 19.4 Å². The lowest BCUT2D eigenvalue weighted by Crippen LogP contribution is -2.06. The highest BCUT2D eigenvalue weighted by Gasteiger charge is 2.23. The lowest BCUT2D eigenvalue weighted by molar-refractivity contribution is 0.186. The smallest absolute Gasteiger partial charge is 0.309 e. The molecule has 0 aromatic carbocycles. The van der Waals surface area contributed by atoms with Crippen molar-refractivity contribution >= 4 is 7.60 Å². The summed E-state index contributed by atoms with van der Waals surface area (Å²) in [7, 11) is -2.81. The van der Waals surface area contributed by atoms with E-state index >= 15 is 0 Å². The van der Waals surface area contributed by atoms with Crippen molar-refractivity contribution in [3.8, 4) is 0 Å². The van der Waals surface area contributed by atoms with Gasteiger partial charge in [0, 0.05) is 0 Å². The molecule has 0 radical (unpaired) electrons. The van der Waals surface area contributed by atoms with Gasteiger partial charge in [-0.15, -0.1) is 0 Å². The molecular weight excluding hydrogens is 211 g/mol. The van der Waals surface area contributed by atoms with Crippen molar-refractivity contribution < 1.29 is 13.6 Å². The summed E-state index contributed by atoms with van der Waals surface area (Å²) >= 11 is 0. The first kappa shape index (κ1) is 15.2. The van der Waals surface area contributed by atoms with Crippen LogP contribution in [0.15, 0.2) is 0 Å². The zero-order chi connectivity index (χ0) is 11.7. The van der Waals surface area contributed by atoms with Gasteiger partial charge in [-0.05, 0) is 18.8 Å². The zero-order valence-corrected chi connectivity index (χ0v) is 11.4. The maximum Gasteiger partial charge on any atom is 0.330 e. The molecule has 0 amide bonds. The normalized spacial score (nSPS) is 15.5. The fourth-order valence-corrected chi connectivity index (χ4v) is 3.03. The predicted octanol–water partition coefficient (Wildman–Crippen LogP) is 4.08. The van der Waals surface area contributed by atoms with E-state index in [9.17, 15) is 4.57 Å². The standard InChI is InChI=1S/C11H25O3P/c1-5-7-9-15(12,13-8-6-2)14-10-11(3)4/h11H,5-10H2,1-4H3. The third kappa shape index (κ3) is 8.01. The van der Waals surface area contributed by atoms with E-state index in [0.717, 1.165) is 19.3 Å². The van der Waals surface area contributed by atoms with Crippen molar-refractivity contribution in [1.29, 1.82) is 0 Å². The Morgan fingerprint density at radius 2 is 1.80 bits per heavy atom. The summed E-state index contributed by atoms with van der Waals surface area (Å²) in [6.45, 7) is 9.22. The Morgan fingerprint density at radius 3 is 2.27 bits per heavy atom. The maximum atomic E-state index is 12.2. The van der Waals surface area contributed by atoms with Crippen LogP contribution < -0.4 is 0 Å². The molecule has 4 heteroatoms. The van der Waals surface area contributed by atoms with E-state index in [1.165, 1.54) is 0 Å². The summed E-state index contributed by atoms with van der Waals surface area (Å²) < 4.78 is 23.0. The highest BCUT2D eigenvalue weighted by atomic mass is 31.2. The molecule has 92 valence electrons. The van der Waals surface area contributed by atoms with E-state index in [1.54, 1.807) is 0 Å². The van der Waals surface area contributed by atoms with Crippen molar-refractivity contribution in [2.24, 2.45) is 5.92 Å². The van der Waals surface area contributed by atoms with Gasteiger partial charge in [-0.3, -0.25) is 4.57 Å². The molecule has 0 aliphatic heterocycles. The zero-order valence-electron chi connectivity index (χ0n) is 10.5. The topological polar surface area (TPSA) is 35.5 Å². The van der Waals surface area contributed by atoms with Gasteiger partial charge in [0.2, 0.25) is 0 Å². The van der Waals surface area contributed by atoms with Crippen LogP contribution in [0.25, 0.3) is 0 Å². The summed E-state index contributed by atoms with van der Waals surface area (Å²) in [6.07, 6.45) is 3.35. The minimum atomic E-state index is -2.81. The molecule has 0 aromatic heterocycles. The molecular formula is C11H25O3P. The second-order valence-corrected chi connectivity index (χ2v) is 6.40. The molecule has 0 aromatic rings. The summed E-state index contributed by atoms with van der Waals surface area (Å²) in [4.78, 5) is 0. The van der Waals surface area contributed by atoms with E-state index in [2.05, 4.69) is 6.92 Å². The minimum Gasteiger partial charge on any atom is -0.309 e.